The first-order chi connectivity index (χ1) is 13.8. The van der Waals surface area contributed by atoms with Crippen LogP contribution in [-0.4, -0.2) is 28.1 Å². The fraction of sp³-hybridized carbons (Fsp3) is 0.600. The molecule has 2 rings (SSSR count). The molecule has 1 aliphatic carbocycles. The zero-order valence-corrected chi connectivity index (χ0v) is 17.8. The summed E-state index contributed by atoms with van der Waals surface area (Å²) < 4.78 is 0. The molecule has 1 aliphatic rings. The van der Waals surface area contributed by atoms with Gasteiger partial charge in [0, 0.05) is 12.3 Å². The molecule has 0 spiro atoms. The zero-order chi connectivity index (χ0) is 21.3. The van der Waals surface area contributed by atoms with E-state index in [1.54, 1.807) is 0 Å². The highest BCUT2D eigenvalue weighted by Gasteiger charge is 2.35. The van der Waals surface area contributed by atoms with Crippen molar-refractivity contribution in [2.75, 3.05) is 0 Å². The molecule has 1 aromatic carbocycles. The van der Waals surface area contributed by atoms with Crippen LogP contribution in [0.5, 0.6) is 0 Å². The van der Waals surface area contributed by atoms with Crippen LogP contribution in [0.4, 0.5) is 0 Å². The van der Waals surface area contributed by atoms with Crippen LogP contribution >= 0.6 is 0 Å². The van der Waals surface area contributed by atoms with Crippen LogP contribution in [0.15, 0.2) is 42.5 Å². The Labute approximate surface area is 175 Å². The van der Waals surface area contributed by atoms with Crippen molar-refractivity contribution in [1.29, 1.82) is 0 Å². The minimum Gasteiger partial charge on any atom is -0.481 e. The maximum Gasteiger partial charge on any atom is 0.307 e. The molecule has 29 heavy (non-hydrogen) atoms. The fourth-order valence-electron chi connectivity index (χ4n) is 4.34. The van der Waals surface area contributed by atoms with Crippen LogP contribution in [0.1, 0.15) is 70.8 Å². The molecule has 0 saturated heterocycles. The van der Waals surface area contributed by atoms with E-state index in [0.717, 1.165) is 38.5 Å². The van der Waals surface area contributed by atoms with Gasteiger partial charge in [-0.3, -0.25) is 9.59 Å². The Hall–Kier alpha value is -1.94. The Morgan fingerprint density at radius 2 is 1.86 bits per heavy atom. The van der Waals surface area contributed by atoms with Gasteiger partial charge in [0.25, 0.3) is 0 Å². The molecule has 0 radical (unpaired) electrons. The largest absolute Gasteiger partial charge is 0.481 e. The lowest BCUT2D eigenvalue weighted by molar-refractivity contribution is -0.146. The van der Waals surface area contributed by atoms with Crippen molar-refractivity contribution in [3.8, 4) is 0 Å². The summed E-state index contributed by atoms with van der Waals surface area (Å²) >= 11 is 0. The molecule has 2 N–H and O–H groups in total. The summed E-state index contributed by atoms with van der Waals surface area (Å²) in [5, 5.41) is 20.0. The molecule has 0 heterocycles. The second-order valence-corrected chi connectivity index (χ2v) is 9.06. The molecular weight excluding hydrogens is 364 g/mol. The number of Topliss-reactive ketones (excluding diaryl/α,β-unsaturated/α-hetero) is 1. The van der Waals surface area contributed by atoms with E-state index in [0.29, 0.717) is 19.3 Å². The van der Waals surface area contributed by atoms with Crippen LogP contribution in [0.25, 0.3) is 0 Å². The number of aliphatic hydroxyl groups excluding tert-OH is 1. The molecule has 0 amide bonds. The number of aliphatic hydroxyl groups is 1. The summed E-state index contributed by atoms with van der Waals surface area (Å²) in [6.45, 7) is 4.22. The number of unbranched alkanes of at least 4 members (excludes halogenated alkanes) is 1. The number of aliphatic carboxylic acids is 1. The molecule has 4 nitrogen and oxygen atoms in total. The fourth-order valence-corrected chi connectivity index (χ4v) is 4.34. The van der Waals surface area contributed by atoms with Gasteiger partial charge in [-0.15, -0.1) is 0 Å². The lowest BCUT2D eigenvalue weighted by Crippen LogP contribution is -2.31. The maximum atomic E-state index is 11.8. The van der Waals surface area contributed by atoms with Gasteiger partial charge < -0.3 is 10.2 Å². The van der Waals surface area contributed by atoms with Crippen molar-refractivity contribution in [1.82, 2.24) is 0 Å². The first-order valence-electron chi connectivity index (χ1n) is 10.9. The lowest BCUT2D eigenvalue weighted by Gasteiger charge is -2.30. The van der Waals surface area contributed by atoms with Crippen LogP contribution in [0.2, 0.25) is 0 Å². The number of carbonyl (C=O) groups is 2. The van der Waals surface area contributed by atoms with Crippen molar-refractivity contribution in [2.24, 2.45) is 17.3 Å². The zero-order valence-electron chi connectivity index (χ0n) is 17.8. The third-order valence-electron chi connectivity index (χ3n) is 6.22. The molecule has 1 aromatic rings. The number of rotatable bonds is 12. The van der Waals surface area contributed by atoms with E-state index in [9.17, 15) is 19.8 Å². The third kappa shape index (κ3) is 7.43. The summed E-state index contributed by atoms with van der Waals surface area (Å²) in [6, 6.07) is 10.3. The Bertz CT molecular complexity index is 677. The van der Waals surface area contributed by atoms with E-state index >= 15 is 0 Å². The highest BCUT2D eigenvalue weighted by Crippen LogP contribution is 2.32. The monoisotopic (exact) mass is 400 g/mol. The highest BCUT2D eigenvalue weighted by molar-refractivity contribution is 5.87. The van der Waals surface area contributed by atoms with E-state index in [4.69, 9.17) is 0 Å². The normalized spacial score (nSPS) is 19.6. The minimum absolute atomic E-state index is 0.119. The number of ketones is 1. The quantitative estimate of drug-likeness (QED) is 0.374. The average molecular weight is 401 g/mol. The van der Waals surface area contributed by atoms with Gasteiger partial charge in [-0.2, -0.15) is 0 Å². The number of carbonyl (C=O) groups excluding carboxylic acids is 1. The standard InChI is InChI=1S/C25H36O4/c1-25(2,18-19-12-7-6-8-13-19)23(27)17-10-5-3-4-9-14-21(24(28)29)20-15-11-16-22(20)26/h3-4,6-8,12-13,20-21,23,27H,5,9-11,14-18H2,1-2H3,(H,28,29)/t20-,21+,23-/m1/s1. The minimum atomic E-state index is -0.845. The van der Waals surface area contributed by atoms with Gasteiger partial charge in [-0.25, -0.2) is 0 Å². The van der Waals surface area contributed by atoms with Crippen molar-refractivity contribution in [3.63, 3.8) is 0 Å². The molecule has 3 atom stereocenters. The average Bonchev–Trinajstić information content (AvgIpc) is 3.09. The van der Waals surface area contributed by atoms with Gasteiger partial charge in [0.1, 0.15) is 5.78 Å². The molecule has 1 fully saturated rings. The van der Waals surface area contributed by atoms with Gasteiger partial charge in [0.2, 0.25) is 0 Å². The molecule has 0 aromatic heterocycles. The predicted molar refractivity (Wildman–Crippen MR) is 116 cm³/mol. The molecule has 0 unspecified atom stereocenters. The Balaban J connectivity index is 1.67. The molecule has 4 heteroatoms. The molecule has 0 bridgehead atoms. The van der Waals surface area contributed by atoms with E-state index in [2.05, 4.69) is 32.1 Å². The van der Waals surface area contributed by atoms with Crippen molar-refractivity contribution >= 4 is 11.8 Å². The maximum absolute atomic E-state index is 11.8. The Morgan fingerprint density at radius 3 is 2.48 bits per heavy atom. The summed E-state index contributed by atoms with van der Waals surface area (Å²) in [6.07, 6.45) is 10.4. The van der Waals surface area contributed by atoms with Crippen molar-refractivity contribution < 1.29 is 19.8 Å². The SMILES string of the molecule is CC(C)(Cc1ccccc1)[C@H](O)CCCC=CCC[C@H](C(=O)O)[C@H]1CCCC1=O. The molecule has 0 aliphatic heterocycles. The number of allylic oxidation sites excluding steroid dienone is 2. The van der Waals surface area contributed by atoms with Crippen LogP contribution in [0, 0.1) is 17.3 Å². The van der Waals surface area contributed by atoms with E-state index in [1.165, 1.54) is 5.56 Å². The number of hydrogen-bond donors (Lipinski definition) is 2. The van der Waals surface area contributed by atoms with Gasteiger partial charge in [-0.05, 0) is 62.3 Å². The first kappa shape index (κ1) is 23.3. The van der Waals surface area contributed by atoms with Crippen molar-refractivity contribution in [2.45, 2.75) is 77.7 Å². The number of carboxylic acid groups (broad SMARTS) is 1. The molecule has 1 saturated carbocycles. The summed E-state index contributed by atoms with van der Waals surface area (Å²) in [5.74, 6) is -1.56. The number of benzene rings is 1. The smallest absolute Gasteiger partial charge is 0.307 e. The van der Waals surface area contributed by atoms with E-state index in [1.807, 2.05) is 24.3 Å². The third-order valence-corrected chi connectivity index (χ3v) is 6.22. The molecule has 160 valence electrons. The predicted octanol–water partition coefficient (Wildman–Crippen LogP) is 5.19. The van der Waals surface area contributed by atoms with Crippen LogP contribution in [0.3, 0.4) is 0 Å². The van der Waals surface area contributed by atoms with E-state index < -0.39 is 11.9 Å². The topological polar surface area (TPSA) is 74.6 Å². The van der Waals surface area contributed by atoms with Gasteiger partial charge >= 0.3 is 5.97 Å². The first-order valence-corrected chi connectivity index (χ1v) is 10.9. The van der Waals surface area contributed by atoms with Gasteiger partial charge in [0.15, 0.2) is 0 Å². The van der Waals surface area contributed by atoms with Gasteiger partial charge in [-0.1, -0.05) is 56.3 Å². The molecular formula is C25H36O4. The van der Waals surface area contributed by atoms with Crippen molar-refractivity contribution in [3.05, 3.63) is 48.0 Å². The Kier molecular flexibility index (Phi) is 9.09. The van der Waals surface area contributed by atoms with E-state index in [-0.39, 0.29) is 23.2 Å². The Morgan fingerprint density at radius 1 is 1.17 bits per heavy atom. The van der Waals surface area contributed by atoms with Gasteiger partial charge in [0.05, 0.1) is 12.0 Å². The second kappa shape index (κ2) is 11.3. The van der Waals surface area contributed by atoms with Crippen LogP contribution in [-0.2, 0) is 16.0 Å². The lowest BCUT2D eigenvalue weighted by atomic mass is 9.78. The van der Waals surface area contributed by atoms with Crippen LogP contribution < -0.4 is 0 Å². The second-order valence-electron chi connectivity index (χ2n) is 9.06. The summed E-state index contributed by atoms with van der Waals surface area (Å²) in [7, 11) is 0. The summed E-state index contributed by atoms with van der Waals surface area (Å²) in [4.78, 5) is 23.3. The number of hydrogen-bond acceptors (Lipinski definition) is 3. The highest BCUT2D eigenvalue weighted by atomic mass is 16.4. The number of carboxylic acids is 1. The summed E-state index contributed by atoms with van der Waals surface area (Å²) in [5.41, 5.74) is 1.07.